The molecule has 3 rings (SSSR count). The molecule has 1 amide bonds. The summed E-state index contributed by atoms with van der Waals surface area (Å²) in [6.45, 7) is 0. The normalized spacial score (nSPS) is 10.8. The van der Waals surface area contributed by atoms with Gasteiger partial charge in [-0.1, -0.05) is 23.7 Å². The van der Waals surface area contributed by atoms with Gasteiger partial charge in [-0.05, 0) is 35.9 Å². The zero-order chi connectivity index (χ0) is 17.3. The van der Waals surface area contributed by atoms with Crippen LogP contribution in [0, 0.1) is 0 Å². The van der Waals surface area contributed by atoms with Gasteiger partial charge in [0.1, 0.15) is 5.82 Å². The monoisotopic (exact) mass is 343 g/mol. The fraction of sp³-hybridized carbons (Fsp3) is 0.118. The molecule has 2 aromatic carbocycles. The summed E-state index contributed by atoms with van der Waals surface area (Å²) in [5, 5.41) is 9.59. The van der Waals surface area contributed by atoms with Crippen LogP contribution < -0.4 is 11.0 Å². The number of carbonyl (C=O) groups excluding carboxylic acids is 1. The predicted molar refractivity (Wildman–Crippen MR) is 90.5 cm³/mol. The van der Waals surface area contributed by atoms with Gasteiger partial charge in [0, 0.05) is 24.1 Å². The maximum Gasteiger partial charge on any atom is 0.274 e. The van der Waals surface area contributed by atoms with E-state index in [1.54, 1.807) is 55.0 Å². The third kappa shape index (κ3) is 3.02. The van der Waals surface area contributed by atoms with Crippen LogP contribution in [0.3, 0.4) is 0 Å². The van der Waals surface area contributed by atoms with E-state index >= 15 is 0 Å². The molecule has 24 heavy (non-hydrogen) atoms. The van der Waals surface area contributed by atoms with E-state index in [4.69, 9.17) is 16.8 Å². The molecular formula is C17H14ClN3O3. The molecule has 3 aromatic rings. The van der Waals surface area contributed by atoms with Crippen LogP contribution in [0.5, 0.6) is 0 Å². The summed E-state index contributed by atoms with van der Waals surface area (Å²) in [5.41, 5.74) is 3.25. The van der Waals surface area contributed by atoms with E-state index in [9.17, 15) is 9.59 Å². The average Bonchev–Trinajstić information content (AvgIpc) is 2.60. The minimum absolute atomic E-state index is 0.159. The predicted octanol–water partition coefficient (Wildman–Crippen LogP) is 2.30. The van der Waals surface area contributed by atoms with Gasteiger partial charge >= 0.3 is 0 Å². The van der Waals surface area contributed by atoms with Gasteiger partial charge in [0.2, 0.25) is 0 Å². The van der Waals surface area contributed by atoms with E-state index in [0.717, 1.165) is 5.56 Å². The van der Waals surface area contributed by atoms with Crippen molar-refractivity contribution in [1.29, 1.82) is 0 Å². The Labute approximate surface area is 142 Å². The highest BCUT2D eigenvalue weighted by atomic mass is 35.5. The number of hydroxylamine groups is 1. The molecule has 0 saturated carbocycles. The first kappa shape index (κ1) is 16.2. The van der Waals surface area contributed by atoms with Crippen LogP contribution in [0.4, 0.5) is 0 Å². The van der Waals surface area contributed by atoms with Crippen LogP contribution >= 0.6 is 11.6 Å². The molecule has 0 fully saturated rings. The number of hydrogen-bond acceptors (Lipinski definition) is 4. The number of nitrogens with zero attached hydrogens (tertiary/aromatic N) is 2. The molecule has 0 unspecified atom stereocenters. The van der Waals surface area contributed by atoms with Crippen molar-refractivity contribution in [3.8, 4) is 0 Å². The highest BCUT2D eigenvalue weighted by molar-refractivity contribution is 6.31. The van der Waals surface area contributed by atoms with Crippen molar-refractivity contribution in [2.45, 2.75) is 6.42 Å². The Morgan fingerprint density at radius 3 is 2.62 bits per heavy atom. The van der Waals surface area contributed by atoms with E-state index in [1.807, 2.05) is 0 Å². The molecule has 1 aromatic heterocycles. The summed E-state index contributed by atoms with van der Waals surface area (Å²) in [6, 6.07) is 11.7. The van der Waals surface area contributed by atoms with Gasteiger partial charge in [0.25, 0.3) is 11.5 Å². The van der Waals surface area contributed by atoms with Crippen LogP contribution in [0.1, 0.15) is 21.7 Å². The van der Waals surface area contributed by atoms with Crippen LogP contribution in [-0.4, -0.2) is 20.7 Å². The van der Waals surface area contributed by atoms with Gasteiger partial charge in [0.15, 0.2) is 0 Å². The van der Waals surface area contributed by atoms with Gasteiger partial charge < -0.3 is 0 Å². The van der Waals surface area contributed by atoms with Crippen molar-refractivity contribution in [3.63, 3.8) is 0 Å². The molecule has 0 aliphatic heterocycles. The molecule has 0 aliphatic rings. The maximum atomic E-state index is 12.5. The van der Waals surface area contributed by atoms with Crippen LogP contribution in [0.15, 0.2) is 47.3 Å². The number of benzene rings is 2. The lowest BCUT2D eigenvalue weighted by molar-refractivity contribution is 0.0706. The smallest absolute Gasteiger partial charge is 0.274 e. The molecule has 0 saturated heterocycles. The number of rotatable bonds is 3. The third-order valence-electron chi connectivity index (χ3n) is 3.81. The summed E-state index contributed by atoms with van der Waals surface area (Å²) in [6.07, 6.45) is 0.436. The first-order valence-electron chi connectivity index (χ1n) is 7.18. The molecule has 0 atom stereocenters. The van der Waals surface area contributed by atoms with Crippen molar-refractivity contribution in [2.24, 2.45) is 7.05 Å². The average molecular weight is 344 g/mol. The van der Waals surface area contributed by atoms with Gasteiger partial charge in [-0.2, -0.15) is 0 Å². The summed E-state index contributed by atoms with van der Waals surface area (Å²) in [4.78, 5) is 28.3. The Hall–Kier alpha value is -2.70. The lowest BCUT2D eigenvalue weighted by Crippen LogP contribution is -2.22. The number of aromatic nitrogens is 2. The first-order chi connectivity index (χ1) is 11.5. The summed E-state index contributed by atoms with van der Waals surface area (Å²) >= 11 is 5.94. The van der Waals surface area contributed by atoms with Gasteiger partial charge in [-0.15, -0.1) is 0 Å². The fourth-order valence-corrected chi connectivity index (χ4v) is 2.64. The van der Waals surface area contributed by atoms with Gasteiger partial charge in [0.05, 0.1) is 10.9 Å². The van der Waals surface area contributed by atoms with Crippen LogP contribution in [0.2, 0.25) is 5.02 Å². The van der Waals surface area contributed by atoms with Crippen LogP contribution in [-0.2, 0) is 13.5 Å². The lowest BCUT2D eigenvalue weighted by Gasteiger charge is -2.10. The topological polar surface area (TPSA) is 84.2 Å². The van der Waals surface area contributed by atoms with Crippen molar-refractivity contribution < 1.29 is 10.0 Å². The Bertz CT molecular complexity index is 981. The van der Waals surface area contributed by atoms with Crippen molar-refractivity contribution in [3.05, 3.63) is 74.8 Å². The second-order valence-corrected chi connectivity index (χ2v) is 5.80. The molecule has 0 aliphatic carbocycles. The van der Waals surface area contributed by atoms with E-state index in [0.29, 0.717) is 33.7 Å². The van der Waals surface area contributed by atoms with E-state index < -0.39 is 5.91 Å². The Morgan fingerprint density at radius 2 is 1.96 bits per heavy atom. The zero-order valence-electron chi connectivity index (χ0n) is 12.8. The summed E-state index contributed by atoms with van der Waals surface area (Å²) in [5.74, 6) is 0.0313. The number of nitrogens with one attached hydrogen (secondary N) is 1. The number of fused-ring (bicyclic) bond motifs is 1. The highest BCUT2D eigenvalue weighted by Gasteiger charge is 2.10. The molecule has 122 valence electrons. The number of amides is 1. The highest BCUT2D eigenvalue weighted by Crippen LogP contribution is 2.16. The minimum atomic E-state index is -0.574. The molecule has 0 spiro atoms. The van der Waals surface area contributed by atoms with E-state index in [2.05, 4.69) is 4.98 Å². The molecule has 6 nitrogen and oxygen atoms in total. The number of halogens is 1. The molecule has 7 heteroatoms. The first-order valence-corrected chi connectivity index (χ1v) is 7.56. The number of carbonyl (C=O) groups is 1. The lowest BCUT2D eigenvalue weighted by atomic mass is 10.1. The van der Waals surface area contributed by atoms with Crippen molar-refractivity contribution >= 4 is 28.4 Å². The van der Waals surface area contributed by atoms with E-state index in [-0.39, 0.29) is 5.56 Å². The molecule has 0 bridgehead atoms. The van der Waals surface area contributed by atoms with Crippen molar-refractivity contribution in [1.82, 2.24) is 15.0 Å². The van der Waals surface area contributed by atoms with Crippen LogP contribution in [0.25, 0.3) is 10.9 Å². The molecule has 2 N–H and O–H groups in total. The molecular weight excluding hydrogens is 330 g/mol. The zero-order valence-corrected chi connectivity index (χ0v) is 13.5. The largest absolute Gasteiger partial charge is 0.299 e. The minimum Gasteiger partial charge on any atom is -0.299 e. The molecule has 1 heterocycles. The van der Waals surface area contributed by atoms with E-state index in [1.165, 1.54) is 4.57 Å². The molecule has 0 radical (unpaired) electrons. The standard InChI is InChI=1S/C17H14ClN3O3/c1-21-15(8-10-2-4-11(5-3-10)16(22)20-24)19-14-7-6-12(18)9-13(14)17(21)23/h2-7,9,24H,8H2,1H3,(H,20,22). The maximum absolute atomic E-state index is 12.5. The Balaban J connectivity index is 1.98. The quantitative estimate of drug-likeness (QED) is 0.564. The number of hydrogen-bond donors (Lipinski definition) is 2. The second kappa shape index (κ2) is 6.43. The van der Waals surface area contributed by atoms with Crippen molar-refractivity contribution in [2.75, 3.05) is 0 Å². The van der Waals surface area contributed by atoms with Gasteiger partial charge in [-0.3, -0.25) is 19.4 Å². The second-order valence-electron chi connectivity index (χ2n) is 5.37. The summed E-state index contributed by atoms with van der Waals surface area (Å²) < 4.78 is 1.49. The summed E-state index contributed by atoms with van der Waals surface area (Å²) in [7, 11) is 1.67. The third-order valence-corrected chi connectivity index (χ3v) is 4.05. The SMILES string of the molecule is Cn1c(Cc2ccc(C(=O)NO)cc2)nc2ccc(Cl)cc2c1=O. The Kier molecular flexibility index (Phi) is 4.33. The fourth-order valence-electron chi connectivity index (χ4n) is 2.47. The Morgan fingerprint density at radius 1 is 1.25 bits per heavy atom. The van der Waals surface area contributed by atoms with Gasteiger partial charge in [-0.25, -0.2) is 10.5 Å².